The Balaban J connectivity index is 1.41. The van der Waals surface area contributed by atoms with Crippen molar-refractivity contribution in [3.63, 3.8) is 0 Å². The number of ether oxygens (including phenoxy) is 1. The van der Waals surface area contributed by atoms with Crippen LogP contribution in [0.4, 0.5) is 13.6 Å². The van der Waals surface area contributed by atoms with Crippen molar-refractivity contribution >= 4 is 17.4 Å². The molecule has 2 aromatic heterocycles. The third kappa shape index (κ3) is 6.01. The molecule has 1 fully saturated rings. The maximum atomic E-state index is 15.2. The predicted octanol–water partition coefficient (Wildman–Crippen LogP) is 3.89. The van der Waals surface area contributed by atoms with Gasteiger partial charge in [-0.2, -0.15) is 15.0 Å². The quantitative estimate of drug-likeness (QED) is 0.263. The van der Waals surface area contributed by atoms with Crippen molar-refractivity contribution in [2.75, 3.05) is 13.1 Å². The van der Waals surface area contributed by atoms with E-state index in [-0.39, 0.29) is 18.2 Å². The first-order chi connectivity index (χ1) is 20.1. The third-order valence-corrected chi connectivity index (χ3v) is 8.49. The zero-order chi connectivity index (χ0) is 30.0. The monoisotopic (exact) mass is 594 g/mol. The van der Waals surface area contributed by atoms with E-state index in [0.717, 1.165) is 23.8 Å². The summed E-state index contributed by atoms with van der Waals surface area (Å²) in [5, 5.41) is 26.5. The number of aromatic amines is 1. The Morgan fingerprint density at radius 3 is 2.79 bits per heavy atom. The molecule has 5 rings (SSSR count). The van der Waals surface area contributed by atoms with Gasteiger partial charge in [-0.25, -0.2) is 18.6 Å². The molecule has 218 valence electrons. The molecule has 1 unspecified atom stereocenters. The molecule has 0 spiro atoms. The van der Waals surface area contributed by atoms with E-state index in [2.05, 4.69) is 21.1 Å². The van der Waals surface area contributed by atoms with Crippen LogP contribution in [-0.2, 0) is 16.9 Å². The lowest BCUT2D eigenvalue weighted by molar-refractivity contribution is -0.765. The molecule has 4 aromatic rings. The summed E-state index contributed by atoms with van der Waals surface area (Å²) >= 11 is 1.28. The number of hydrogen-bond donors (Lipinski definition) is 3. The number of thiazole rings is 1. The van der Waals surface area contributed by atoms with E-state index < -0.39 is 35.4 Å². The van der Waals surface area contributed by atoms with Gasteiger partial charge < -0.3 is 20.5 Å². The van der Waals surface area contributed by atoms with Crippen molar-refractivity contribution in [1.29, 1.82) is 5.26 Å². The van der Waals surface area contributed by atoms with Crippen molar-refractivity contribution in [3.05, 3.63) is 87.8 Å². The number of nitrogens with zero attached hydrogens (tertiary/aromatic N) is 5. The number of aliphatic hydroxyl groups is 1. The van der Waals surface area contributed by atoms with Gasteiger partial charge >= 0.3 is 12.4 Å². The number of hydrogen-bond acceptors (Lipinski definition) is 8. The number of likely N-dealkylation sites (tertiary alicyclic amines) is 1. The van der Waals surface area contributed by atoms with Crippen LogP contribution in [0.1, 0.15) is 54.2 Å². The minimum atomic E-state index is -1.97. The number of benzene rings is 2. The fourth-order valence-electron chi connectivity index (χ4n) is 4.93. The van der Waals surface area contributed by atoms with Crippen LogP contribution >= 0.6 is 11.3 Å². The molecule has 1 amide bonds. The minimum Gasteiger partial charge on any atom is -0.436 e. The number of amides is 1. The molecule has 0 saturated carbocycles. The van der Waals surface area contributed by atoms with Crippen molar-refractivity contribution in [2.24, 2.45) is 5.73 Å². The summed E-state index contributed by atoms with van der Waals surface area (Å²) in [6.07, 6.45) is 0.837. The normalized spacial score (nSPS) is 17.8. The van der Waals surface area contributed by atoms with Crippen LogP contribution in [-0.4, -0.2) is 50.3 Å². The zero-order valence-electron chi connectivity index (χ0n) is 23.0. The van der Waals surface area contributed by atoms with Gasteiger partial charge in [-0.3, -0.25) is 0 Å². The van der Waals surface area contributed by atoms with Crippen LogP contribution in [0.3, 0.4) is 0 Å². The smallest absolute Gasteiger partial charge is 0.410 e. The fraction of sp³-hybridized carbons (Fsp3) is 0.345. The summed E-state index contributed by atoms with van der Waals surface area (Å²) in [6, 6.07) is 11.8. The summed E-state index contributed by atoms with van der Waals surface area (Å²) < 4.78 is 36.5. The largest absolute Gasteiger partial charge is 0.436 e. The number of nitrogens with one attached hydrogen (secondary N) is 1. The Kier molecular flexibility index (Phi) is 8.31. The molecule has 3 heterocycles. The second kappa shape index (κ2) is 11.9. The van der Waals surface area contributed by atoms with Gasteiger partial charge in [0.2, 0.25) is 0 Å². The lowest BCUT2D eigenvalue weighted by atomic mass is 9.82. The first-order valence-corrected chi connectivity index (χ1v) is 14.2. The summed E-state index contributed by atoms with van der Waals surface area (Å²) in [6.45, 7) is 4.03. The Morgan fingerprint density at radius 2 is 2.10 bits per heavy atom. The van der Waals surface area contributed by atoms with Gasteiger partial charge in [0.1, 0.15) is 23.8 Å². The van der Waals surface area contributed by atoms with Crippen LogP contribution < -0.4 is 10.4 Å². The SMILES string of the molecule is CC(OC(=O)N1CC[C@H](N)C1)c1nc[n+](C[C@](O)(c2cc(F)ccc2F)[C@@H](C)c2nc(-c3ccc(C#N)cc3)cs2)[nH]1. The van der Waals surface area contributed by atoms with E-state index in [1.54, 1.807) is 43.5 Å². The Morgan fingerprint density at radius 1 is 1.33 bits per heavy atom. The van der Waals surface area contributed by atoms with E-state index in [1.807, 2.05) is 0 Å². The number of carbonyl (C=O) groups excluding carboxylic acids is 1. The van der Waals surface area contributed by atoms with Crippen LogP contribution in [0.5, 0.6) is 0 Å². The average molecular weight is 595 g/mol. The highest BCUT2D eigenvalue weighted by molar-refractivity contribution is 7.10. The summed E-state index contributed by atoms with van der Waals surface area (Å²) in [5.74, 6) is -1.97. The molecule has 42 heavy (non-hydrogen) atoms. The molecule has 4 N–H and O–H groups in total. The minimum absolute atomic E-state index is 0.0838. The maximum absolute atomic E-state index is 15.2. The number of H-pyrrole nitrogens is 1. The molecule has 10 nitrogen and oxygen atoms in total. The molecule has 13 heteroatoms. The Bertz CT molecular complexity index is 1620. The molecular formula is C29H30F2N7O3S+. The van der Waals surface area contributed by atoms with Crippen molar-refractivity contribution in [1.82, 2.24) is 20.0 Å². The van der Waals surface area contributed by atoms with E-state index in [0.29, 0.717) is 41.6 Å². The van der Waals surface area contributed by atoms with Gasteiger partial charge in [-0.05, 0) is 48.7 Å². The standard InChI is InChI=1S/C29H29F2N7O3S/c1-17(27-35-25(14-42-27)20-5-3-19(12-32)4-6-20)29(40,23-11-21(30)7-8-24(23)31)15-38-16-34-26(36-38)18(2)41-28(39)37-10-9-22(33)13-37/h3-8,11,14,16-18,22,40H,9-10,13,15,33H2,1-2H3/p+1/t17-,18?,22-,29+/m0/s1. The molecule has 1 aliphatic rings. The molecule has 0 bridgehead atoms. The fourth-order valence-corrected chi connectivity index (χ4v) is 5.90. The average Bonchev–Trinajstić information content (AvgIpc) is 3.75. The van der Waals surface area contributed by atoms with Crippen molar-refractivity contribution in [3.8, 4) is 17.3 Å². The number of aromatic nitrogens is 4. The lowest BCUT2D eigenvalue weighted by Crippen LogP contribution is -2.50. The van der Waals surface area contributed by atoms with Gasteiger partial charge in [0.25, 0.3) is 5.82 Å². The topological polar surface area (TPSA) is 145 Å². The lowest BCUT2D eigenvalue weighted by Gasteiger charge is -2.32. The number of rotatable bonds is 8. The number of nitriles is 1. The summed E-state index contributed by atoms with van der Waals surface area (Å²) in [4.78, 5) is 23.0. The number of halogens is 2. The summed E-state index contributed by atoms with van der Waals surface area (Å²) in [5.41, 5.74) is 5.59. The second-order valence-corrected chi connectivity index (χ2v) is 11.3. The molecule has 0 aliphatic carbocycles. The van der Waals surface area contributed by atoms with Crippen LogP contribution in [0.15, 0.2) is 54.2 Å². The van der Waals surface area contributed by atoms with Gasteiger partial charge in [0.05, 0.1) is 22.3 Å². The highest BCUT2D eigenvalue weighted by Gasteiger charge is 2.44. The molecule has 4 atom stereocenters. The Labute approximate surface area is 245 Å². The van der Waals surface area contributed by atoms with E-state index in [4.69, 9.17) is 15.7 Å². The first-order valence-electron chi connectivity index (χ1n) is 13.4. The van der Waals surface area contributed by atoms with Crippen LogP contribution in [0, 0.1) is 23.0 Å². The van der Waals surface area contributed by atoms with Crippen LogP contribution in [0.2, 0.25) is 0 Å². The maximum Gasteiger partial charge on any atom is 0.410 e. The Hall–Kier alpha value is -4.25. The zero-order valence-corrected chi connectivity index (χ0v) is 23.8. The molecule has 0 radical (unpaired) electrons. The van der Waals surface area contributed by atoms with Gasteiger partial charge in [0, 0.05) is 41.6 Å². The highest BCUT2D eigenvalue weighted by Crippen LogP contribution is 2.41. The van der Waals surface area contributed by atoms with Crippen molar-refractivity contribution < 1.29 is 28.1 Å². The van der Waals surface area contributed by atoms with Gasteiger partial charge in [0.15, 0.2) is 6.10 Å². The molecular weight excluding hydrogens is 564 g/mol. The molecule has 2 aromatic carbocycles. The molecule has 1 aliphatic heterocycles. The molecule has 1 saturated heterocycles. The highest BCUT2D eigenvalue weighted by atomic mass is 32.1. The van der Waals surface area contributed by atoms with Crippen LogP contribution in [0.25, 0.3) is 11.3 Å². The van der Waals surface area contributed by atoms with E-state index in [9.17, 15) is 14.3 Å². The predicted molar refractivity (Wildman–Crippen MR) is 149 cm³/mol. The van der Waals surface area contributed by atoms with Crippen molar-refractivity contribution in [2.45, 2.75) is 50.5 Å². The summed E-state index contributed by atoms with van der Waals surface area (Å²) in [7, 11) is 0. The van der Waals surface area contributed by atoms with E-state index in [1.165, 1.54) is 27.2 Å². The van der Waals surface area contributed by atoms with Gasteiger partial charge in [-0.1, -0.05) is 19.1 Å². The number of carbonyl (C=O) groups is 1. The first kappa shape index (κ1) is 29.2. The van der Waals surface area contributed by atoms with E-state index >= 15 is 4.39 Å². The second-order valence-electron chi connectivity index (χ2n) is 10.4. The third-order valence-electron chi connectivity index (χ3n) is 7.46. The van der Waals surface area contributed by atoms with Gasteiger partial charge in [-0.15, -0.1) is 11.3 Å². The number of nitrogens with two attached hydrogens (primary N) is 1.